The maximum atomic E-state index is 12.4. The summed E-state index contributed by atoms with van der Waals surface area (Å²) in [5, 5.41) is 14.4. The van der Waals surface area contributed by atoms with Crippen LogP contribution in [0.2, 0.25) is 0 Å². The summed E-state index contributed by atoms with van der Waals surface area (Å²) in [4.78, 5) is 17.0. The second-order valence-electron chi connectivity index (χ2n) is 5.71. The van der Waals surface area contributed by atoms with Gasteiger partial charge in [0.1, 0.15) is 18.0 Å². The van der Waals surface area contributed by atoms with E-state index in [2.05, 4.69) is 9.99 Å². The summed E-state index contributed by atoms with van der Waals surface area (Å²) in [6, 6.07) is 4.03. The lowest BCUT2D eigenvalue weighted by molar-refractivity contribution is -0.113. The number of carbonyl (C=O) groups is 1. The van der Waals surface area contributed by atoms with Gasteiger partial charge in [0, 0.05) is 18.8 Å². The molecule has 0 spiro atoms. The predicted octanol–water partition coefficient (Wildman–Crippen LogP) is 4.06. The van der Waals surface area contributed by atoms with Gasteiger partial charge in [-0.2, -0.15) is 0 Å². The first-order valence-electron chi connectivity index (χ1n) is 7.15. The van der Waals surface area contributed by atoms with Crippen molar-refractivity contribution in [3.8, 4) is 0 Å². The van der Waals surface area contributed by atoms with Gasteiger partial charge in [-0.1, -0.05) is 34.5 Å². The Kier molecular flexibility index (Phi) is 4.91. The average Bonchev–Trinajstić information content (AvgIpc) is 2.65. The summed E-state index contributed by atoms with van der Waals surface area (Å²) in [5.41, 5.74) is 4.36. The van der Waals surface area contributed by atoms with Crippen molar-refractivity contribution in [3.63, 3.8) is 0 Å². The van der Waals surface area contributed by atoms with Crippen molar-refractivity contribution in [1.29, 1.82) is 0 Å². The molecule has 1 aliphatic carbocycles. The minimum Gasteiger partial charge on any atom is -0.511 e. The highest BCUT2D eigenvalue weighted by Crippen LogP contribution is 2.39. The van der Waals surface area contributed by atoms with Crippen molar-refractivity contribution in [2.75, 3.05) is 7.11 Å². The molecule has 118 valence electrons. The van der Waals surface area contributed by atoms with Crippen LogP contribution in [0.3, 0.4) is 0 Å². The van der Waals surface area contributed by atoms with Crippen LogP contribution in [0.4, 0.5) is 0 Å². The smallest absolute Gasteiger partial charge is 0.167 e. The van der Waals surface area contributed by atoms with Crippen LogP contribution in [0, 0.1) is 26.7 Å². The van der Waals surface area contributed by atoms with Gasteiger partial charge in [0.05, 0.1) is 5.57 Å². The first kappa shape index (κ1) is 16.6. The summed E-state index contributed by atoms with van der Waals surface area (Å²) in [6.45, 7) is 5.92. The zero-order chi connectivity index (χ0) is 16.4. The molecule has 5 heteroatoms. The normalized spacial score (nSPS) is 19.0. The molecule has 1 atom stereocenters. The zero-order valence-electron chi connectivity index (χ0n) is 13.2. The lowest BCUT2D eigenvalue weighted by Gasteiger charge is -2.12. The van der Waals surface area contributed by atoms with E-state index in [1.165, 1.54) is 7.11 Å². The molecule has 0 amide bonds. The molecular formula is C17H20ClNO3. The van der Waals surface area contributed by atoms with E-state index in [9.17, 15) is 9.90 Å². The van der Waals surface area contributed by atoms with Gasteiger partial charge in [0.15, 0.2) is 5.78 Å². The molecule has 0 bridgehead atoms. The molecule has 1 aliphatic rings. The van der Waals surface area contributed by atoms with Crippen LogP contribution < -0.4 is 0 Å². The molecule has 4 nitrogen and oxygen atoms in total. The van der Waals surface area contributed by atoms with Crippen LogP contribution in [-0.4, -0.2) is 23.2 Å². The Balaban J connectivity index is 2.44. The number of nitrogens with zero attached hydrogens (tertiary/aromatic N) is 1. The number of aliphatic hydroxyl groups excluding tert-OH is 1. The Hall–Kier alpha value is -1.81. The summed E-state index contributed by atoms with van der Waals surface area (Å²) in [5.74, 6) is -0.294. The number of aryl methyl sites for hydroxylation is 3. The second kappa shape index (κ2) is 6.53. The van der Waals surface area contributed by atoms with Crippen LogP contribution >= 0.6 is 11.6 Å². The fourth-order valence-corrected chi connectivity index (χ4v) is 3.38. The van der Waals surface area contributed by atoms with Crippen LogP contribution in [0.15, 0.2) is 23.0 Å². The molecule has 1 unspecified atom stereocenters. The molecule has 0 radical (unpaired) electrons. The Labute approximate surface area is 135 Å². The van der Waals surface area contributed by atoms with E-state index in [1.807, 2.05) is 32.9 Å². The van der Waals surface area contributed by atoms with Gasteiger partial charge in [-0.3, -0.25) is 4.79 Å². The van der Waals surface area contributed by atoms with E-state index in [1.54, 1.807) is 0 Å². The number of hydrogen-bond acceptors (Lipinski definition) is 4. The summed E-state index contributed by atoms with van der Waals surface area (Å²) in [6.07, 6.45) is 0.532. The van der Waals surface area contributed by atoms with Crippen LogP contribution in [0.25, 0.3) is 5.57 Å². The first-order chi connectivity index (χ1) is 10.3. The Bertz CT molecular complexity index is 653. The van der Waals surface area contributed by atoms with Gasteiger partial charge >= 0.3 is 0 Å². The lowest BCUT2D eigenvalue weighted by Crippen LogP contribution is -2.05. The third kappa shape index (κ3) is 3.17. The molecule has 1 aromatic rings. The fourth-order valence-electron chi connectivity index (χ4n) is 3.12. The average molecular weight is 322 g/mol. The van der Waals surface area contributed by atoms with Crippen molar-refractivity contribution in [2.45, 2.75) is 33.6 Å². The highest BCUT2D eigenvalue weighted by atomic mass is 35.5. The topological polar surface area (TPSA) is 58.9 Å². The Morgan fingerprint density at radius 3 is 2.50 bits per heavy atom. The SMILES string of the molecule is CON=C(Cl)CC1CC(=O)C(c2c(C)cc(C)cc2C)=C1O. The highest BCUT2D eigenvalue weighted by Gasteiger charge is 2.35. The highest BCUT2D eigenvalue weighted by molar-refractivity contribution is 6.65. The number of aliphatic hydroxyl groups is 1. The van der Waals surface area contributed by atoms with E-state index in [0.29, 0.717) is 12.0 Å². The Morgan fingerprint density at radius 2 is 1.95 bits per heavy atom. The van der Waals surface area contributed by atoms with Gasteiger partial charge in [-0.25, -0.2) is 0 Å². The van der Waals surface area contributed by atoms with Crippen molar-refractivity contribution >= 4 is 28.1 Å². The molecule has 0 aromatic heterocycles. The molecule has 2 rings (SSSR count). The number of allylic oxidation sites excluding steroid dienone is 2. The molecule has 22 heavy (non-hydrogen) atoms. The quantitative estimate of drug-likeness (QED) is 0.672. The van der Waals surface area contributed by atoms with Gasteiger partial charge in [0.25, 0.3) is 0 Å². The van der Waals surface area contributed by atoms with Gasteiger partial charge in [-0.05, 0) is 37.5 Å². The first-order valence-corrected chi connectivity index (χ1v) is 7.53. The summed E-state index contributed by atoms with van der Waals surface area (Å²) >= 11 is 5.93. The lowest BCUT2D eigenvalue weighted by atomic mass is 9.92. The van der Waals surface area contributed by atoms with Crippen molar-refractivity contribution in [3.05, 3.63) is 40.1 Å². The van der Waals surface area contributed by atoms with E-state index in [4.69, 9.17) is 11.6 Å². The molecular weight excluding hydrogens is 302 g/mol. The number of hydrogen-bond donors (Lipinski definition) is 1. The van der Waals surface area contributed by atoms with Crippen molar-refractivity contribution in [2.24, 2.45) is 11.1 Å². The maximum Gasteiger partial charge on any atom is 0.167 e. The second-order valence-corrected chi connectivity index (χ2v) is 6.15. The molecule has 0 heterocycles. The number of oxime groups is 1. The molecule has 1 aromatic carbocycles. The number of rotatable bonds is 4. The third-order valence-electron chi connectivity index (χ3n) is 3.89. The number of ketones is 1. The fraction of sp³-hybridized carbons (Fsp3) is 0.412. The van der Waals surface area contributed by atoms with E-state index < -0.39 is 0 Å². The van der Waals surface area contributed by atoms with Crippen LogP contribution in [-0.2, 0) is 9.63 Å². The van der Waals surface area contributed by atoms with Crippen molar-refractivity contribution in [1.82, 2.24) is 0 Å². The molecule has 0 aliphatic heterocycles. The maximum absolute atomic E-state index is 12.4. The third-order valence-corrected chi connectivity index (χ3v) is 4.11. The number of halogens is 1. The van der Waals surface area contributed by atoms with E-state index in [0.717, 1.165) is 22.3 Å². The van der Waals surface area contributed by atoms with Gasteiger partial charge in [-0.15, -0.1) is 0 Å². The minimum atomic E-state index is -0.339. The summed E-state index contributed by atoms with van der Waals surface area (Å²) < 4.78 is 0. The van der Waals surface area contributed by atoms with Crippen LogP contribution in [0.5, 0.6) is 0 Å². The molecule has 0 saturated heterocycles. The van der Waals surface area contributed by atoms with Gasteiger partial charge < -0.3 is 9.94 Å². The molecule has 0 saturated carbocycles. The number of benzene rings is 1. The van der Waals surface area contributed by atoms with E-state index >= 15 is 0 Å². The summed E-state index contributed by atoms with van der Waals surface area (Å²) in [7, 11) is 1.41. The Morgan fingerprint density at radius 1 is 1.36 bits per heavy atom. The standard InChI is InChI=1S/C17H20ClNO3/c1-9-5-10(2)15(11(3)6-9)16-13(20)7-12(17(16)21)8-14(18)19-22-4/h5-6,12,21H,7-8H2,1-4H3. The number of carbonyl (C=O) groups excluding carboxylic acids is 1. The zero-order valence-corrected chi connectivity index (χ0v) is 14.0. The molecule has 1 N–H and O–H groups in total. The monoisotopic (exact) mass is 321 g/mol. The largest absolute Gasteiger partial charge is 0.511 e. The predicted molar refractivity (Wildman–Crippen MR) is 88.2 cm³/mol. The minimum absolute atomic E-state index is 0.0561. The molecule has 0 fully saturated rings. The van der Waals surface area contributed by atoms with Gasteiger partial charge in [0.2, 0.25) is 0 Å². The van der Waals surface area contributed by atoms with Crippen molar-refractivity contribution < 1.29 is 14.7 Å². The van der Waals surface area contributed by atoms with E-state index in [-0.39, 0.29) is 29.1 Å². The number of Topliss-reactive ketones (excluding diaryl/α,β-unsaturated/α-hetero) is 1. The van der Waals surface area contributed by atoms with Crippen LogP contribution in [0.1, 0.15) is 35.1 Å².